The van der Waals surface area contributed by atoms with Gasteiger partial charge in [-0.3, -0.25) is 4.79 Å². The first-order valence-corrected chi connectivity index (χ1v) is 11.6. The zero-order valence-electron chi connectivity index (χ0n) is 18.9. The van der Waals surface area contributed by atoms with E-state index in [0.29, 0.717) is 40.8 Å². The zero-order chi connectivity index (χ0) is 24.6. The molecular formula is C26H23Cl2N5O2. The highest BCUT2D eigenvalue weighted by Crippen LogP contribution is 2.20. The summed E-state index contributed by atoms with van der Waals surface area (Å²) in [5, 5.41) is 12.0. The number of halogens is 2. The van der Waals surface area contributed by atoms with E-state index in [4.69, 9.17) is 27.9 Å². The summed E-state index contributed by atoms with van der Waals surface area (Å²) in [5.41, 5.74) is 2.68. The molecule has 7 nitrogen and oxygen atoms in total. The average Bonchev–Trinajstić information content (AvgIpc) is 3.28. The molecule has 9 heteroatoms. The molecule has 178 valence electrons. The number of carbonyl (C=O) groups is 1. The Bertz CT molecular complexity index is 1350. The van der Waals surface area contributed by atoms with E-state index in [1.54, 1.807) is 19.3 Å². The van der Waals surface area contributed by atoms with Crippen LogP contribution in [0.5, 0.6) is 5.75 Å². The van der Waals surface area contributed by atoms with E-state index in [0.717, 1.165) is 16.7 Å². The van der Waals surface area contributed by atoms with E-state index in [1.165, 1.54) is 10.8 Å². The van der Waals surface area contributed by atoms with Gasteiger partial charge in [0.15, 0.2) is 0 Å². The molecule has 0 amide bonds. The summed E-state index contributed by atoms with van der Waals surface area (Å²) in [6, 6.07) is 22.3. The third-order valence-electron chi connectivity index (χ3n) is 5.04. The Morgan fingerprint density at radius 1 is 0.943 bits per heavy atom. The monoisotopic (exact) mass is 507 g/mol. The van der Waals surface area contributed by atoms with Gasteiger partial charge < -0.3 is 15.4 Å². The van der Waals surface area contributed by atoms with Crippen molar-refractivity contribution in [2.24, 2.45) is 0 Å². The number of nitrogens with one attached hydrogen (secondary N) is 2. The van der Waals surface area contributed by atoms with Crippen LogP contribution >= 0.6 is 23.2 Å². The fourth-order valence-corrected chi connectivity index (χ4v) is 3.77. The van der Waals surface area contributed by atoms with E-state index >= 15 is 0 Å². The van der Waals surface area contributed by atoms with Crippen molar-refractivity contribution in [1.29, 1.82) is 0 Å². The second kappa shape index (κ2) is 11.6. The molecule has 35 heavy (non-hydrogen) atoms. The molecule has 3 aromatic carbocycles. The maximum Gasteiger partial charge on any atom is 0.274 e. The van der Waals surface area contributed by atoms with Gasteiger partial charge in [0.25, 0.3) is 5.91 Å². The first kappa shape index (κ1) is 24.3. The fraction of sp³-hybridized carbons (Fsp3) is 0.115. The van der Waals surface area contributed by atoms with E-state index in [2.05, 4.69) is 20.7 Å². The molecule has 0 saturated heterocycles. The number of carbonyl (C=O) groups excluding carboxylic acids is 1. The molecule has 0 spiro atoms. The van der Waals surface area contributed by atoms with Crippen molar-refractivity contribution < 1.29 is 9.53 Å². The Morgan fingerprint density at radius 3 is 2.26 bits per heavy atom. The summed E-state index contributed by atoms with van der Waals surface area (Å²) in [4.78, 5) is 17.5. The number of rotatable bonds is 9. The van der Waals surface area contributed by atoms with Gasteiger partial charge in [0, 0.05) is 34.8 Å². The van der Waals surface area contributed by atoms with E-state index in [1.807, 2.05) is 66.7 Å². The zero-order valence-corrected chi connectivity index (χ0v) is 20.4. The molecule has 2 N–H and O–H groups in total. The summed E-state index contributed by atoms with van der Waals surface area (Å²) in [7, 11) is 1.58. The summed E-state index contributed by atoms with van der Waals surface area (Å²) in [6.45, 7) is 0.861. The number of hydrogen-bond donors (Lipinski definition) is 2. The molecule has 1 aromatic heterocycles. The van der Waals surface area contributed by atoms with Crippen LogP contribution in [0.2, 0.25) is 10.0 Å². The molecule has 1 heterocycles. The molecule has 0 saturated carbocycles. The van der Waals surface area contributed by atoms with Crippen LogP contribution in [0.1, 0.15) is 21.5 Å². The summed E-state index contributed by atoms with van der Waals surface area (Å²) in [6.07, 6.45) is 3.11. The molecule has 0 fully saturated rings. The van der Waals surface area contributed by atoms with Crippen LogP contribution < -0.4 is 15.4 Å². The summed E-state index contributed by atoms with van der Waals surface area (Å²) < 4.78 is 6.57. The van der Waals surface area contributed by atoms with Crippen LogP contribution in [-0.4, -0.2) is 27.8 Å². The van der Waals surface area contributed by atoms with Crippen molar-refractivity contribution in [3.8, 4) is 5.75 Å². The smallest absolute Gasteiger partial charge is 0.274 e. The van der Waals surface area contributed by atoms with Crippen LogP contribution in [0.4, 0.5) is 11.9 Å². The van der Waals surface area contributed by atoms with Gasteiger partial charge in [0.05, 0.1) is 7.11 Å². The second-order valence-electron chi connectivity index (χ2n) is 7.55. The van der Waals surface area contributed by atoms with Crippen molar-refractivity contribution in [2.45, 2.75) is 13.1 Å². The second-order valence-corrected chi connectivity index (χ2v) is 8.42. The lowest BCUT2D eigenvalue weighted by atomic mass is 10.2. The van der Waals surface area contributed by atoms with Crippen molar-refractivity contribution in [1.82, 2.24) is 14.8 Å². The number of methoxy groups -OCH3 is 1. The molecule has 0 aliphatic carbocycles. The van der Waals surface area contributed by atoms with Crippen LogP contribution in [0.25, 0.3) is 6.08 Å². The SMILES string of the molecule is COc1ccccc1C=CC(=O)n1nc(NCc2cccc(Cl)c2)nc1NCc1cccc(Cl)c1. The van der Waals surface area contributed by atoms with E-state index < -0.39 is 0 Å². The Morgan fingerprint density at radius 2 is 1.60 bits per heavy atom. The highest BCUT2D eigenvalue weighted by molar-refractivity contribution is 6.30. The Hall–Kier alpha value is -3.81. The largest absolute Gasteiger partial charge is 0.496 e. The van der Waals surface area contributed by atoms with Gasteiger partial charge >= 0.3 is 0 Å². The van der Waals surface area contributed by atoms with Crippen LogP contribution in [0.3, 0.4) is 0 Å². The average molecular weight is 508 g/mol. The third kappa shape index (κ3) is 6.62. The third-order valence-corrected chi connectivity index (χ3v) is 5.51. The van der Waals surface area contributed by atoms with E-state index in [-0.39, 0.29) is 5.91 Å². The number of aromatic nitrogens is 3. The minimum Gasteiger partial charge on any atom is -0.496 e. The van der Waals surface area contributed by atoms with Crippen LogP contribution in [0.15, 0.2) is 78.9 Å². The van der Waals surface area contributed by atoms with Crippen molar-refractivity contribution >= 4 is 47.1 Å². The number of anilines is 2. The molecular weight excluding hydrogens is 485 g/mol. The number of allylic oxidation sites excluding steroid dienone is 1. The molecule has 0 bridgehead atoms. The highest BCUT2D eigenvalue weighted by atomic mass is 35.5. The molecule has 0 aliphatic heterocycles. The molecule has 0 atom stereocenters. The number of nitrogens with zero attached hydrogens (tertiary/aromatic N) is 3. The first-order valence-electron chi connectivity index (χ1n) is 10.8. The number of ether oxygens (including phenoxy) is 1. The highest BCUT2D eigenvalue weighted by Gasteiger charge is 2.15. The van der Waals surface area contributed by atoms with Gasteiger partial charge in [-0.1, -0.05) is 65.7 Å². The minimum absolute atomic E-state index is 0.299. The Labute approximate surface area is 213 Å². The van der Waals surface area contributed by atoms with Gasteiger partial charge in [-0.15, -0.1) is 5.10 Å². The van der Waals surface area contributed by atoms with Crippen LogP contribution in [0, 0.1) is 0 Å². The predicted octanol–water partition coefficient (Wildman–Crippen LogP) is 6.17. The van der Waals surface area contributed by atoms with Gasteiger partial charge in [-0.2, -0.15) is 9.67 Å². The topological polar surface area (TPSA) is 81.1 Å². The van der Waals surface area contributed by atoms with Crippen molar-refractivity contribution in [3.05, 3.63) is 106 Å². The van der Waals surface area contributed by atoms with Gasteiger partial charge in [-0.25, -0.2) is 0 Å². The summed E-state index contributed by atoms with van der Waals surface area (Å²) in [5.74, 6) is 0.900. The molecule has 4 aromatic rings. The lowest BCUT2D eigenvalue weighted by Gasteiger charge is -2.06. The predicted molar refractivity (Wildman–Crippen MR) is 140 cm³/mol. The van der Waals surface area contributed by atoms with Crippen LogP contribution in [-0.2, 0) is 13.1 Å². The molecule has 0 radical (unpaired) electrons. The standard InChI is InChI=1S/C26H23Cl2N5O2/c1-35-23-11-3-2-8-20(23)12-13-24(34)33-26(30-17-19-7-5-10-22(28)15-19)31-25(32-33)29-16-18-6-4-9-21(27)14-18/h2-15H,16-17H2,1H3,(H2,29,30,31,32). The minimum atomic E-state index is -0.368. The summed E-state index contributed by atoms with van der Waals surface area (Å²) >= 11 is 12.2. The molecule has 4 rings (SSSR count). The normalized spacial score (nSPS) is 10.9. The number of para-hydroxylation sites is 1. The Balaban J connectivity index is 1.56. The van der Waals surface area contributed by atoms with Crippen molar-refractivity contribution in [2.75, 3.05) is 17.7 Å². The number of benzene rings is 3. The molecule has 0 aliphatic rings. The lowest BCUT2D eigenvalue weighted by Crippen LogP contribution is -2.14. The van der Waals surface area contributed by atoms with Gasteiger partial charge in [0.1, 0.15) is 5.75 Å². The van der Waals surface area contributed by atoms with Gasteiger partial charge in [-0.05, 0) is 47.5 Å². The van der Waals surface area contributed by atoms with Crippen molar-refractivity contribution in [3.63, 3.8) is 0 Å². The first-order chi connectivity index (χ1) is 17.0. The lowest BCUT2D eigenvalue weighted by molar-refractivity contribution is 0.0957. The Kier molecular flexibility index (Phi) is 8.03. The molecule has 0 unspecified atom stereocenters. The maximum atomic E-state index is 13.1. The number of hydrogen-bond acceptors (Lipinski definition) is 6. The maximum absolute atomic E-state index is 13.1. The quantitative estimate of drug-likeness (QED) is 0.263. The fourth-order valence-electron chi connectivity index (χ4n) is 3.35. The van der Waals surface area contributed by atoms with Gasteiger partial charge in [0.2, 0.25) is 11.9 Å². The van der Waals surface area contributed by atoms with E-state index in [9.17, 15) is 4.79 Å².